The van der Waals surface area contributed by atoms with E-state index in [2.05, 4.69) is 16.4 Å². The number of esters is 1. The van der Waals surface area contributed by atoms with Gasteiger partial charge in [0.15, 0.2) is 46.0 Å². The molecule has 4 aromatic rings. The summed E-state index contributed by atoms with van der Waals surface area (Å²) in [5, 5.41) is 80.8. The number of carbonyl (C=O) groups is 4. The molecule has 16 heteroatoms. The minimum atomic E-state index is -1.06. The Morgan fingerprint density at radius 2 is 1.24 bits per heavy atom. The van der Waals surface area contributed by atoms with Crippen molar-refractivity contribution in [1.29, 1.82) is 0 Å². The van der Waals surface area contributed by atoms with E-state index < -0.39 is 12.1 Å². The molecule has 55 heavy (non-hydrogen) atoms. The predicted octanol–water partition coefficient (Wildman–Crippen LogP) is 5.32. The molecule has 1 aliphatic rings. The molecule has 5 rings (SSSR count). The van der Waals surface area contributed by atoms with Crippen molar-refractivity contribution < 1.29 is 79.3 Å². The smallest absolute Gasteiger partial charge is 0.328 e. The topological polar surface area (TPSA) is 278 Å². The summed E-state index contributed by atoms with van der Waals surface area (Å²) in [4.78, 5) is 38.8. The van der Waals surface area contributed by atoms with E-state index in [1.54, 1.807) is 24.3 Å². The number of carboxylic acid groups (broad SMARTS) is 2. The zero-order valence-electron chi connectivity index (χ0n) is 30.2. The third-order valence-corrected chi connectivity index (χ3v) is 7.26. The van der Waals surface area contributed by atoms with Gasteiger partial charge in [0.25, 0.3) is 12.9 Å². The summed E-state index contributed by atoms with van der Waals surface area (Å²) < 4.78 is 14.1. The SMILES string of the molecule is CCCc1ccc(O)c(O)c1.COC(=O)CCc1ccc(O)c(O)c1.COC=O.O=C(O)/C=C/c1ccc(O)c2c1CC(c1ccc(O)c(O)c1)O2.O=CO. The summed E-state index contributed by atoms with van der Waals surface area (Å²) in [6, 6.07) is 16.8. The number of carbonyl (C=O) groups excluding carboxylic acids is 2. The van der Waals surface area contributed by atoms with Crippen LogP contribution in [0.1, 0.15) is 53.7 Å². The molecular formula is C39H44O16. The van der Waals surface area contributed by atoms with Gasteiger partial charge in [-0.3, -0.25) is 14.4 Å². The molecule has 296 valence electrons. The first-order valence-electron chi connectivity index (χ1n) is 16.2. The van der Waals surface area contributed by atoms with Gasteiger partial charge >= 0.3 is 11.9 Å². The highest BCUT2D eigenvalue weighted by molar-refractivity contribution is 5.86. The van der Waals surface area contributed by atoms with Crippen LogP contribution in [-0.2, 0) is 47.9 Å². The lowest BCUT2D eigenvalue weighted by Crippen LogP contribution is -2.02. The lowest BCUT2D eigenvalue weighted by molar-refractivity contribution is -0.140. The van der Waals surface area contributed by atoms with E-state index in [4.69, 9.17) is 45.0 Å². The number of hydrogen-bond acceptors (Lipinski definition) is 14. The van der Waals surface area contributed by atoms with Gasteiger partial charge in [-0.2, -0.15) is 0 Å². The van der Waals surface area contributed by atoms with E-state index in [-0.39, 0.29) is 59.1 Å². The number of carboxylic acids is 1. The number of hydrogen-bond donors (Lipinski definition) is 9. The van der Waals surface area contributed by atoms with Crippen molar-refractivity contribution in [2.24, 2.45) is 0 Å². The molecule has 1 heterocycles. The van der Waals surface area contributed by atoms with Crippen LogP contribution < -0.4 is 4.74 Å². The maximum absolute atomic E-state index is 10.8. The second-order valence-electron chi connectivity index (χ2n) is 11.1. The summed E-state index contributed by atoms with van der Waals surface area (Å²) in [6.45, 7) is 2.20. The Labute approximate surface area is 316 Å². The van der Waals surface area contributed by atoms with Gasteiger partial charge in [0.2, 0.25) is 0 Å². The van der Waals surface area contributed by atoms with Crippen LogP contribution in [0.5, 0.6) is 46.0 Å². The Kier molecular flexibility index (Phi) is 20.2. The molecule has 1 atom stereocenters. The minimum absolute atomic E-state index is 0.0297. The minimum Gasteiger partial charge on any atom is -0.504 e. The molecule has 0 radical (unpaired) electrons. The highest BCUT2D eigenvalue weighted by Gasteiger charge is 2.29. The molecule has 1 aliphatic heterocycles. The number of phenolic OH excluding ortho intramolecular Hbond substituents is 7. The molecule has 0 fully saturated rings. The standard InChI is InChI=1S/C17H14O6.C10H12O4.C9H12O2.C2H4O2.CH2O2/c18-12-4-2-10(7-14(12)20)15-8-11-9(3-6-16(21)22)1-5-13(19)17(11)23-15;1-14-10(13)5-3-7-2-4-8(11)9(12)6-7;1-2-3-7-4-5-8(10)9(11)6-7;1-4-2-3;2-1-3/h1-7,15,18-20H,8H2,(H,21,22);2,4,6,11-12H,3,5H2,1H3;4-6,10-11H,2-3H2,1H3;2H,1H3;1H,(H,2,3)/b6-3+;;;;. The summed E-state index contributed by atoms with van der Waals surface area (Å²) in [7, 11) is 2.64. The average molecular weight is 769 g/mol. The summed E-state index contributed by atoms with van der Waals surface area (Å²) in [5.74, 6) is -1.98. The lowest BCUT2D eigenvalue weighted by atomic mass is 9.98. The summed E-state index contributed by atoms with van der Waals surface area (Å²) in [5.41, 5.74) is 3.82. The lowest BCUT2D eigenvalue weighted by Gasteiger charge is -2.12. The Balaban J connectivity index is 0.000000404. The Morgan fingerprint density at radius 1 is 0.745 bits per heavy atom. The Hall–Kier alpha value is -7.10. The number of benzene rings is 4. The highest BCUT2D eigenvalue weighted by Crippen LogP contribution is 2.45. The first-order valence-corrected chi connectivity index (χ1v) is 16.2. The number of fused-ring (bicyclic) bond motifs is 1. The molecule has 16 nitrogen and oxygen atoms in total. The summed E-state index contributed by atoms with van der Waals surface area (Å²) >= 11 is 0. The maximum Gasteiger partial charge on any atom is 0.328 e. The summed E-state index contributed by atoms with van der Waals surface area (Å²) in [6.07, 6.45) is 5.17. The van der Waals surface area contributed by atoms with Gasteiger partial charge < -0.3 is 60.2 Å². The van der Waals surface area contributed by atoms with Crippen LogP contribution in [0.3, 0.4) is 0 Å². The number of ether oxygens (including phenoxy) is 3. The van der Waals surface area contributed by atoms with Crippen LogP contribution in [-0.4, -0.2) is 85.1 Å². The second-order valence-corrected chi connectivity index (χ2v) is 11.1. The second kappa shape index (κ2) is 24.2. The third kappa shape index (κ3) is 16.0. The quantitative estimate of drug-likeness (QED) is 0.0451. The van der Waals surface area contributed by atoms with Gasteiger partial charge in [-0.15, -0.1) is 0 Å². The molecular weight excluding hydrogens is 724 g/mol. The van der Waals surface area contributed by atoms with Crippen molar-refractivity contribution in [3.05, 3.63) is 101 Å². The largest absolute Gasteiger partial charge is 0.504 e. The van der Waals surface area contributed by atoms with Gasteiger partial charge in [0.1, 0.15) is 6.10 Å². The van der Waals surface area contributed by atoms with Crippen LogP contribution >= 0.6 is 0 Å². The van der Waals surface area contributed by atoms with Crippen LogP contribution in [0.2, 0.25) is 0 Å². The molecule has 0 saturated carbocycles. The van der Waals surface area contributed by atoms with Gasteiger partial charge in [0.05, 0.1) is 14.2 Å². The number of rotatable bonds is 9. The predicted molar refractivity (Wildman–Crippen MR) is 197 cm³/mol. The van der Waals surface area contributed by atoms with Gasteiger partial charge in [0, 0.05) is 24.5 Å². The first-order chi connectivity index (χ1) is 26.1. The first kappa shape index (κ1) is 45.9. The normalized spacial score (nSPS) is 11.9. The number of phenols is 7. The van der Waals surface area contributed by atoms with Crippen molar-refractivity contribution in [2.45, 2.75) is 45.1 Å². The third-order valence-electron chi connectivity index (χ3n) is 7.26. The molecule has 0 saturated heterocycles. The number of aryl methyl sites for hydroxylation is 2. The molecule has 0 bridgehead atoms. The van der Waals surface area contributed by atoms with Crippen LogP contribution in [0.25, 0.3) is 6.08 Å². The number of methoxy groups -OCH3 is 2. The Morgan fingerprint density at radius 3 is 1.69 bits per heavy atom. The number of aromatic hydroxyl groups is 7. The molecule has 9 N–H and O–H groups in total. The number of aliphatic carboxylic acids is 1. The van der Waals surface area contributed by atoms with E-state index in [0.717, 1.165) is 30.0 Å². The van der Waals surface area contributed by atoms with Crippen LogP contribution in [0.15, 0.2) is 72.8 Å². The van der Waals surface area contributed by atoms with Crippen molar-refractivity contribution in [3.63, 3.8) is 0 Å². The van der Waals surface area contributed by atoms with Gasteiger partial charge in [-0.25, -0.2) is 4.79 Å². The molecule has 0 amide bonds. The fraction of sp³-hybridized carbons (Fsp3) is 0.231. The molecule has 0 aromatic heterocycles. The fourth-order valence-electron chi connectivity index (χ4n) is 4.67. The van der Waals surface area contributed by atoms with Gasteiger partial charge in [-0.05, 0) is 83.6 Å². The van der Waals surface area contributed by atoms with Gasteiger partial charge in [-0.1, -0.05) is 37.6 Å². The van der Waals surface area contributed by atoms with Crippen molar-refractivity contribution in [2.75, 3.05) is 14.2 Å². The van der Waals surface area contributed by atoms with Crippen LogP contribution in [0, 0.1) is 0 Å². The molecule has 4 aromatic carbocycles. The fourth-order valence-corrected chi connectivity index (χ4v) is 4.67. The molecule has 0 spiro atoms. The zero-order chi connectivity index (χ0) is 41.5. The van der Waals surface area contributed by atoms with E-state index >= 15 is 0 Å². The van der Waals surface area contributed by atoms with E-state index in [1.165, 1.54) is 56.7 Å². The average Bonchev–Trinajstić information content (AvgIpc) is 3.62. The van der Waals surface area contributed by atoms with Crippen molar-refractivity contribution in [1.82, 2.24) is 0 Å². The zero-order valence-corrected chi connectivity index (χ0v) is 30.2. The van der Waals surface area contributed by atoms with E-state index in [0.29, 0.717) is 41.8 Å². The van der Waals surface area contributed by atoms with Crippen molar-refractivity contribution >= 4 is 31.0 Å². The monoisotopic (exact) mass is 768 g/mol. The van der Waals surface area contributed by atoms with Crippen LogP contribution in [0.4, 0.5) is 0 Å². The maximum atomic E-state index is 10.8. The highest BCUT2D eigenvalue weighted by atomic mass is 16.5. The van der Waals surface area contributed by atoms with Crippen molar-refractivity contribution in [3.8, 4) is 46.0 Å². The molecule has 0 aliphatic carbocycles. The molecule has 1 unspecified atom stereocenters. The van der Waals surface area contributed by atoms with E-state index in [9.17, 15) is 24.9 Å². The Bertz CT molecular complexity index is 1890. The van der Waals surface area contributed by atoms with E-state index in [1.807, 2.05) is 6.07 Å².